The third-order valence-electron chi connectivity index (χ3n) is 2.21. The molecule has 80 valence electrons. The van der Waals surface area contributed by atoms with Crippen LogP contribution in [0.25, 0.3) is 0 Å². The molecule has 1 aliphatic heterocycles. The van der Waals surface area contributed by atoms with Crippen molar-refractivity contribution in [1.29, 1.82) is 0 Å². The largest absolute Gasteiger partial charge is 0.412 e. The molecule has 0 aliphatic carbocycles. The Morgan fingerprint density at radius 1 is 1.40 bits per heavy atom. The van der Waals surface area contributed by atoms with Crippen molar-refractivity contribution in [1.82, 2.24) is 5.32 Å². The number of hydrogen-bond acceptors (Lipinski definition) is 3. The zero-order valence-corrected chi connectivity index (χ0v) is 8.31. The normalized spacial score (nSPS) is 19.9. The lowest BCUT2D eigenvalue weighted by Crippen LogP contribution is -2.37. The minimum absolute atomic E-state index is 0.0845. The summed E-state index contributed by atoms with van der Waals surface area (Å²) in [5.41, 5.74) is 0. The van der Waals surface area contributed by atoms with Crippen LogP contribution in [0, 0.1) is 0 Å². The predicted molar refractivity (Wildman–Crippen MR) is 54.8 cm³/mol. The molecule has 1 aromatic rings. The van der Waals surface area contributed by atoms with E-state index in [1.165, 1.54) is 0 Å². The Morgan fingerprint density at radius 3 is 2.87 bits per heavy atom. The van der Waals surface area contributed by atoms with E-state index in [4.69, 9.17) is 9.47 Å². The molecular formula is C11H13NO3. The van der Waals surface area contributed by atoms with Gasteiger partial charge in [0.2, 0.25) is 0 Å². The van der Waals surface area contributed by atoms with Crippen LogP contribution in [-0.2, 0) is 4.74 Å². The molecular weight excluding hydrogens is 194 g/mol. The van der Waals surface area contributed by atoms with E-state index in [0.717, 1.165) is 6.42 Å². The van der Waals surface area contributed by atoms with Gasteiger partial charge in [-0.2, -0.15) is 0 Å². The molecule has 4 heteroatoms. The molecule has 0 radical (unpaired) electrons. The molecule has 4 nitrogen and oxygen atoms in total. The first-order chi connectivity index (χ1) is 7.34. The van der Waals surface area contributed by atoms with Gasteiger partial charge in [0.05, 0.1) is 12.6 Å². The Balaban J connectivity index is 1.82. The topological polar surface area (TPSA) is 47.6 Å². The van der Waals surface area contributed by atoms with Crippen LogP contribution in [0.3, 0.4) is 0 Å². The molecule has 15 heavy (non-hydrogen) atoms. The van der Waals surface area contributed by atoms with E-state index in [1.54, 1.807) is 12.1 Å². The lowest BCUT2D eigenvalue weighted by Gasteiger charge is -2.10. The number of rotatable bonds is 2. The van der Waals surface area contributed by atoms with Gasteiger partial charge >= 0.3 is 6.09 Å². The van der Waals surface area contributed by atoms with Gasteiger partial charge in [-0.15, -0.1) is 0 Å². The van der Waals surface area contributed by atoms with E-state index in [9.17, 15) is 4.79 Å². The van der Waals surface area contributed by atoms with Crippen molar-refractivity contribution < 1.29 is 14.3 Å². The minimum Gasteiger partial charge on any atom is -0.410 e. The summed E-state index contributed by atoms with van der Waals surface area (Å²) in [4.78, 5) is 11.4. The van der Waals surface area contributed by atoms with Crippen molar-refractivity contribution in [2.75, 3.05) is 13.2 Å². The second-order valence-corrected chi connectivity index (χ2v) is 3.41. The summed E-state index contributed by atoms with van der Waals surface area (Å²) in [6, 6.07) is 9.08. The summed E-state index contributed by atoms with van der Waals surface area (Å²) >= 11 is 0. The third-order valence-corrected chi connectivity index (χ3v) is 2.21. The highest BCUT2D eigenvalue weighted by molar-refractivity contribution is 5.70. The van der Waals surface area contributed by atoms with E-state index < -0.39 is 6.09 Å². The molecule has 1 fully saturated rings. The van der Waals surface area contributed by atoms with Gasteiger partial charge in [-0.1, -0.05) is 18.2 Å². The molecule has 1 aromatic carbocycles. The van der Waals surface area contributed by atoms with Crippen LogP contribution in [0.15, 0.2) is 30.3 Å². The molecule has 1 amide bonds. The van der Waals surface area contributed by atoms with Crippen LogP contribution in [-0.4, -0.2) is 25.3 Å². The third kappa shape index (κ3) is 2.95. The van der Waals surface area contributed by atoms with E-state index in [0.29, 0.717) is 19.0 Å². The second kappa shape index (κ2) is 4.79. The van der Waals surface area contributed by atoms with Gasteiger partial charge in [0.15, 0.2) is 0 Å². The Hall–Kier alpha value is -1.55. The summed E-state index contributed by atoms with van der Waals surface area (Å²) < 4.78 is 10.2. The summed E-state index contributed by atoms with van der Waals surface area (Å²) in [5, 5.41) is 2.74. The number of carbonyl (C=O) groups is 1. The molecule has 0 unspecified atom stereocenters. The van der Waals surface area contributed by atoms with Crippen molar-refractivity contribution in [3.8, 4) is 5.75 Å². The Morgan fingerprint density at radius 2 is 2.20 bits per heavy atom. The van der Waals surface area contributed by atoms with Crippen LogP contribution < -0.4 is 10.1 Å². The molecule has 2 rings (SSSR count). The monoisotopic (exact) mass is 207 g/mol. The molecule has 1 heterocycles. The SMILES string of the molecule is O=C(N[C@H]1CCOC1)Oc1ccccc1. The molecule has 0 saturated carbocycles. The van der Waals surface area contributed by atoms with Crippen LogP contribution in [0.2, 0.25) is 0 Å². The molecule has 0 bridgehead atoms. The highest BCUT2D eigenvalue weighted by Crippen LogP contribution is 2.09. The van der Waals surface area contributed by atoms with Crippen molar-refractivity contribution in [2.45, 2.75) is 12.5 Å². The fraction of sp³-hybridized carbons (Fsp3) is 0.364. The van der Waals surface area contributed by atoms with E-state index in [1.807, 2.05) is 18.2 Å². The van der Waals surface area contributed by atoms with Crippen LogP contribution in [0.4, 0.5) is 4.79 Å². The standard InChI is InChI=1S/C11H13NO3/c13-11(12-9-6-7-14-8-9)15-10-4-2-1-3-5-10/h1-5,9H,6-8H2,(H,12,13)/t9-/m0/s1. The number of para-hydroxylation sites is 1. The van der Waals surface area contributed by atoms with Crippen molar-refractivity contribution in [2.24, 2.45) is 0 Å². The van der Waals surface area contributed by atoms with Gasteiger partial charge in [0.25, 0.3) is 0 Å². The van der Waals surface area contributed by atoms with Crippen molar-refractivity contribution >= 4 is 6.09 Å². The number of hydrogen-bond donors (Lipinski definition) is 1. The average molecular weight is 207 g/mol. The highest BCUT2D eigenvalue weighted by Gasteiger charge is 2.18. The summed E-state index contributed by atoms with van der Waals surface area (Å²) in [6.07, 6.45) is 0.431. The van der Waals surface area contributed by atoms with Crippen molar-refractivity contribution in [3.63, 3.8) is 0 Å². The number of nitrogens with one attached hydrogen (secondary N) is 1. The van der Waals surface area contributed by atoms with E-state index in [-0.39, 0.29) is 6.04 Å². The summed E-state index contributed by atoms with van der Waals surface area (Å²) in [7, 11) is 0. The molecule has 1 N–H and O–H groups in total. The lowest BCUT2D eigenvalue weighted by molar-refractivity contribution is 0.178. The predicted octanol–water partition coefficient (Wildman–Crippen LogP) is 1.56. The molecule has 0 spiro atoms. The first-order valence-electron chi connectivity index (χ1n) is 4.96. The summed E-state index contributed by atoms with van der Waals surface area (Å²) in [5.74, 6) is 0.550. The van der Waals surface area contributed by atoms with Gasteiger partial charge in [-0.25, -0.2) is 4.79 Å². The smallest absolute Gasteiger partial charge is 0.410 e. The number of ether oxygens (including phenoxy) is 2. The second-order valence-electron chi connectivity index (χ2n) is 3.41. The summed E-state index contributed by atoms with van der Waals surface area (Å²) in [6.45, 7) is 1.28. The fourth-order valence-electron chi connectivity index (χ4n) is 1.44. The average Bonchev–Trinajstić information content (AvgIpc) is 2.71. The molecule has 1 aliphatic rings. The van der Waals surface area contributed by atoms with E-state index in [2.05, 4.69) is 5.32 Å². The zero-order valence-electron chi connectivity index (χ0n) is 8.31. The maximum atomic E-state index is 11.4. The highest BCUT2D eigenvalue weighted by atomic mass is 16.6. The molecule has 1 saturated heterocycles. The van der Waals surface area contributed by atoms with Crippen LogP contribution in [0.5, 0.6) is 5.75 Å². The van der Waals surface area contributed by atoms with Crippen LogP contribution in [0.1, 0.15) is 6.42 Å². The van der Waals surface area contributed by atoms with Gasteiger partial charge in [-0.3, -0.25) is 0 Å². The van der Waals surface area contributed by atoms with Crippen LogP contribution >= 0.6 is 0 Å². The first kappa shape index (κ1) is 9.98. The lowest BCUT2D eigenvalue weighted by atomic mass is 10.3. The Bertz CT molecular complexity index is 320. The maximum Gasteiger partial charge on any atom is 0.412 e. The zero-order chi connectivity index (χ0) is 10.5. The number of benzene rings is 1. The molecule has 1 atom stereocenters. The maximum absolute atomic E-state index is 11.4. The van der Waals surface area contributed by atoms with Gasteiger partial charge in [0, 0.05) is 6.61 Å². The minimum atomic E-state index is -0.420. The quantitative estimate of drug-likeness (QED) is 0.800. The van der Waals surface area contributed by atoms with Gasteiger partial charge < -0.3 is 14.8 Å². The first-order valence-corrected chi connectivity index (χ1v) is 4.96. The Labute approximate surface area is 88.2 Å². The van der Waals surface area contributed by atoms with Gasteiger partial charge in [0.1, 0.15) is 5.75 Å². The number of amides is 1. The molecule has 0 aromatic heterocycles. The Kier molecular flexibility index (Phi) is 3.19. The number of carbonyl (C=O) groups excluding carboxylic acids is 1. The van der Waals surface area contributed by atoms with E-state index >= 15 is 0 Å². The fourth-order valence-corrected chi connectivity index (χ4v) is 1.44. The van der Waals surface area contributed by atoms with Crippen molar-refractivity contribution in [3.05, 3.63) is 30.3 Å². The van der Waals surface area contributed by atoms with Gasteiger partial charge in [-0.05, 0) is 18.6 Å².